The van der Waals surface area contributed by atoms with Crippen LogP contribution < -0.4 is 9.47 Å². The van der Waals surface area contributed by atoms with Crippen molar-refractivity contribution in [2.75, 3.05) is 26.3 Å². The maximum atomic E-state index is 12.9. The van der Waals surface area contributed by atoms with Crippen LogP contribution in [0.4, 0.5) is 0 Å². The van der Waals surface area contributed by atoms with E-state index in [2.05, 4.69) is 5.10 Å². The molecule has 1 fully saturated rings. The Morgan fingerprint density at radius 1 is 1.10 bits per heavy atom. The molecule has 1 aromatic heterocycles. The number of carbonyl (C=O) groups is 2. The lowest BCUT2D eigenvalue weighted by Crippen LogP contribution is -2.39. The first-order valence-corrected chi connectivity index (χ1v) is 10.3. The van der Waals surface area contributed by atoms with E-state index in [0.717, 1.165) is 17.0 Å². The second kappa shape index (κ2) is 8.34. The summed E-state index contributed by atoms with van der Waals surface area (Å²) in [7, 11) is 1.89. The van der Waals surface area contributed by atoms with Crippen LogP contribution in [0.25, 0.3) is 6.08 Å². The Morgan fingerprint density at radius 2 is 1.80 bits per heavy atom. The molecular weight excluding hydrogens is 382 g/mol. The number of aryl methyl sites for hydroxylation is 2. The zero-order valence-electron chi connectivity index (χ0n) is 17.7. The second-order valence-corrected chi connectivity index (χ2v) is 7.86. The van der Waals surface area contributed by atoms with Gasteiger partial charge in [0.05, 0.1) is 5.69 Å². The van der Waals surface area contributed by atoms with E-state index in [-0.39, 0.29) is 17.6 Å². The number of benzene rings is 1. The zero-order chi connectivity index (χ0) is 21.3. The maximum Gasteiger partial charge on any atom is 0.246 e. The Morgan fingerprint density at radius 3 is 2.47 bits per heavy atom. The number of amides is 1. The summed E-state index contributed by atoms with van der Waals surface area (Å²) in [6, 6.07) is 5.37. The predicted molar refractivity (Wildman–Crippen MR) is 113 cm³/mol. The third-order valence-electron chi connectivity index (χ3n) is 5.96. The van der Waals surface area contributed by atoms with Gasteiger partial charge in [0.1, 0.15) is 13.2 Å². The number of Topliss-reactive ketones (excluding diaryl/α,β-unsaturated/α-hetero) is 1. The highest BCUT2D eigenvalue weighted by molar-refractivity contribution is 5.99. The van der Waals surface area contributed by atoms with Crippen molar-refractivity contribution in [3.63, 3.8) is 0 Å². The first-order valence-electron chi connectivity index (χ1n) is 10.3. The number of rotatable bonds is 4. The molecule has 0 unspecified atom stereocenters. The van der Waals surface area contributed by atoms with Gasteiger partial charge in [-0.05, 0) is 51.0 Å². The summed E-state index contributed by atoms with van der Waals surface area (Å²) in [5, 5.41) is 4.37. The number of hydrogen-bond donors (Lipinski definition) is 0. The number of fused-ring (bicyclic) bond motifs is 1. The number of hydrogen-bond acceptors (Lipinski definition) is 5. The molecule has 7 nitrogen and oxygen atoms in total. The predicted octanol–water partition coefficient (Wildman–Crippen LogP) is 2.94. The fourth-order valence-corrected chi connectivity index (χ4v) is 4.09. The van der Waals surface area contributed by atoms with Crippen LogP contribution in [0.2, 0.25) is 0 Å². The summed E-state index contributed by atoms with van der Waals surface area (Å²) in [6.07, 6.45) is 4.78. The minimum atomic E-state index is -0.0802. The van der Waals surface area contributed by atoms with Crippen molar-refractivity contribution in [1.29, 1.82) is 0 Å². The number of aromatic nitrogens is 2. The third-order valence-corrected chi connectivity index (χ3v) is 5.96. The molecule has 1 aromatic carbocycles. The van der Waals surface area contributed by atoms with Gasteiger partial charge in [-0.2, -0.15) is 5.10 Å². The van der Waals surface area contributed by atoms with Crippen LogP contribution in [0.15, 0.2) is 24.3 Å². The molecule has 158 valence electrons. The average molecular weight is 409 g/mol. The van der Waals surface area contributed by atoms with Crippen LogP contribution in [0.3, 0.4) is 0 Å². The lowest BCUT2D eigenvalue weighted by molar-refractivity contribution is -0.127. The Kier molecular flexibility index (Phi) is 5.61. The minimum absolute atomic E-state index is 0.0251. The molecule has 0 N–H and O–H groups in total. The van der Waals surface area contributed by atoms with Gasteiger partial charge in [0, 0.05) is 49.0 Å². The Balaban J connectivity index is 1.36. The summed E-state index contributed by atoms with van der Waals surface area (Å²) < 4.78 is 12.9. The number of ether oxygens (including phenoxy) is 2. The molecule has 1 saturated heterocycles. The molecule has 2 aliphatic heterocycles. The van der Waals surface area contributed by atoms with Crippen molar-refractivity contribution in [3.05, 3.63) is 46.8 Å². The molecule has 0 atom stereocenters. The van der Waals surface area contributed by atoms with Gasteiger partial charge in [0.25, 0.3) is 0 Å². The molecule has 0 bridgehead atoms. The fourth-order valence-electron chi connectivity index (χ4n) is 4.09. The molecule has 0 spiro atoms. The first kappa shape index (κ1) is 20.2. The average Bonchev–Trinajstić information content (AvgIpc) is 3.02. The molecule has 1 amide bonds. The summed E-state index contributed by atoms with van der Waals surface area (Å²) in [4.78, 5) is 27.3. The highest BCUT2D eigenvalue weighted by Crippen LogP contribution is 2.32. The monoisotopic (exact) mass is 409 g/mol. The van der Waals surface area contributed by atoms with Crippen LogP contribution in [0, 0.1) is 19.8 Å². The molecule has 3 heterocycles. The van der Waals surface area contributed by atoms with Crippen LogP contribution in [-0.4, -0.2) is 52.7 Å². The SMILES string of the molecule is Cc1nn(C)c(C)c1C=CC(=O)N1CCC(C(=O)c2ccc3c(c2)OCCO3)CC1. The van der Waals surface area contributed by atoms with E-state index in [0.29, 0.717) is 56.2 Å². The number of likely N-dealkylation sites (tertiary alicyclic amines) is 1. The number of carbonyl (C=O) groups excluding carboxylic acids is 2. The molecular formula is C23H27N3O4. The van der Waals surface area contributed by atoms with Crippen molar-refractivity contribution in [1.82, 2.24) is 14.7 Å². The van der Waals surface area contributed by atoms with Crippen LogP contribution in [0.1, 0.15) is 40.2 Å². The normalized spacial score (nSPS) is 16.8. The largest absolute Gasteiger partial charge is 0.486 e. The van der Waals surface area contributed by atoms with Gasteiger partial charge in [0.15, 0.2) is 17.3 Å². The van der Waals surface area contributed by atoms with Crippen LogP contribution in [0.5, 0.6) is 11.5 Å². The Hall–Kier alpha value is -3.09. The third kappa shape index (κ3) is 3.97. The lowest BCUT2D eigenvalue weighted by atomic mass is 9.88. The van der Waals surface area contributed by atoms with Gasteiger partial charge in [0.2, 0.25) is 5.91 Å². The Labute approximate surface area is 176 Å². The van der Waals surface area contributed by atoms with E-state index in [9.17, 15) is 9.59 Å². The number of piperidine rings is 1. The van der Waals surface area contributed by atoms with Crippen molar-refractivity contribution >= 4 is 17.8 Å². The molecule has 0 radical (unpaired) electrons. The van der Waals surface area contributed by atoms with Gasteiger partial charge < -0.3 is 14.4 Å². The van der Waals surface area contributed by atoms with E-state index in [4.69, 9.17) is 9.47 Å². The molecule has 7 heteroatoms. The van der Waals surface area contributed by atoms with Crippen LogP contribution in [-0.2, 0) is 11.8 Å². The van der Waals surface area contributed by atoms with Crippen molar-refractivity contribution in [2.45, 2.75) is 26.7 Å². The van der Waals surface area contributed by atoms with Gasteiger partial charge >= 0.3 is 0 Å². The summed E-state index contributed by atoms with van der Waals surface area (Å²) in [5.74, 6) is 1.32. The van der Waals surface area contributed by atoms with Gasteiger partial charge in [-0.15, -0.1) is 0 Å². The van der Waals surface area contributed by atoms with Crippen molar-refractivity contribution in [2.24, 2.45) is 13.0 Å². The highest BCUT2D eigenvalue weighted by Gasteiger charge is 2.28. The first-order chi connectivity index (χ1) is 14.4. The Bertz CT molecular complexity index is 1000. The highest BCUT2D eigenvalue weighted by atomic mass is 16.6. The molecule has 30 heavy (non-hydrogen) atoms. The summed E-state index contributed by atoms with van der Waals surface area (Å²) >= 11 is 0. The minimum Gasteiger partial charge on any atom is -0.486 e. The van der Waals surface area contributed by atoms with Gasteiger partial charge in [-0.25, -0.2) is 0 Å². The quantitative estimate of drug-likeness (QED) is 0.573. The fraction of sp³-hybridized carbons (Fsp3) is 0.435. The van der Waals surface area contributed by atoms with Crippen molar-refractivity contribution in [3.8, 4) is 11.5 Å². The maximum absolute atomic E-state index is 12.9. The van der Waals surface area contributed by atoms with Crippen LogP contribution >= 0.6 is 0 Å². The molecule has 0 saturated carbocycles. The van der Waals surface area contributed by atoms with E-state index in [1.54, 1.807) is 24.3 Å². The van der Waals surface area contributed by atoms with E-state index < -0.39 is 0 Å². The van der Waals surface area contributed by atoms with E-state index in [1.807, 2.05) is 36.6 Å². The zero-order valence-corrected chi connectivity index (χ0v) is 17.7. The summed E-state index contributed by atoms with van der Waals surface area (Å²) in [6.45, 7) is 6.10. The van der Waals surface area contributed by atoms with E-state index >= 15 is 0 Å². The number of nitrogens with zero attached hydrogens (tertiary/aromatic N) is 3. The van der Waals surface area contributed by atoms with Gasteiger partial charge in [-0.1, -0.05) is 0 Å². The van der Waals surface area contributed by atoms with Crippen molar-refractivity contribution < 1.29 is 19.1 Å². The molecule has 2 aliphatic rings. The molecule has 0 aliphatic carbocycles. The number of ketones is 1. The molecule has 4 rings (SSSR count). The lowest BCUT2D eigenvalue weighted by Gasteiger charge is -2.30. The smallest absolute Gasteiger partial charge is 0.246 e. The standard InChI is InChI=1S/C23H27N3O4/c1-15-19(16(2)25(3)24-15)5-7-22(27)26-10-8-17(9-11-26)23(28)18-4-6-20-21(14-18)30-13-12-29-20/h4-7,14,17H,8-13H2,1-3H3. The summed E-state index contributed by atoms with van der Waals surface area (Å²) in [5.41, 5.74) is 3.56. The van der Waals surface area contributed by atoms with E-state index in [1.165, 1.54) is 0 Å². The van der Waals surface area contributed by atoms with Gasteiger partial charge in [-0.3, -0.25) is 14.3 Å². The topological polar surface area (TPSA) is 73.7 Å². The second-order valence-electron chi connectivity index (χ2n) is 7.86. The molecule has 2 aromatic rings.